The Morgan fingerprint density at radius 2 is 2.06 bits per heavy atom. The van der Waals surface area contributed by atoms with Gasteiger partial charge in [-0.05, 0) is 31.9 Å². The van der Waals surface area contributed by atoms with Gasteiger partial charge in [-0.15, -0.1) is 0 Å². The third kappa shape index (κ3) is 3.20. The van der Waals surface area contributed by atoms with Gasteiger partial charge in [-0.2, -0.15) is 0 Å². The minimum absolute atomic E-state index is 0.0651. The molecule has 0 aliphatic heterocycles. The maximum Gasteiger partial charge on any atom is 0.0572 e. The highest BCUT2D eigenvalue weighted by atomic mass is 15.1. The van der Waals surface area contributed by atoms with E-state index in [1.165, 1.54) is 5.69 Å². The molecular weight excluding hydrogens is 198 g/mol. The standard InChI is InChI=1S/C13H23N3/c1-4-9-16(6-3)11-7-8-13(15-10-11)12(14)5-2/h7-8,10,12H,4-6,9,14H2,1-3H3. The molecule has 1 aromatic rings. The van der Waals surface area contributed by atoms with Gasteiger partial charge in [0.1, 0.15) is 0 Å². The minimum atomic E-state index is 0.0651. The smallest absolute Gasteiger partial charge is 0.0572 e. The van der Waals surface area contributed by atoms with Crippen molar-refractivity contribution < 1.29 is 0 Å². The summed E-state index contributed by atoms with van der Waals surface area (Å²) in [6, 6.07) is 4.23. The van der Waals surface area contributed by atoms with Crippen molar-refractivity contribution in [1.29, 1.82) is 0 Å². The van der Waals surface area contributed by atoms with Crippen molar-refractivity contribution in [3.05, 3.63) is 24.0 Å². The SMILES string of the molecule is CCCN(CC)c1ccc(C(N)CC)nc1. The van der Waals surface area contributed by atoms with Crippen molar-refractivity contribution in [2.24, 2.45) is 5.73 Å². The molecule has 0 fully saturated rings. The van der Waals surface area contributed by atoms with E-state index in [1.807, 2.05) is 12.3 Å². The Morgan fingerprint density at radius 1 is 1.31 bits per heavy atom. The maximum absolute atomic E-state index is 5.94. The van der Waals surface area contributed by atoms with Gasteiger partial charge in [0.15, 0.2) is 0 Å². The predicted molar refractivity (Wildman–Crippen MR) is 69.6 cm³/mol. The van der Waals surface area contributed by atoms with Gasteiger partial charge < -0.3 is 10.6 Å². The summed E-state index contributed by atoms with van der Waals surface area (Å²) in [5.74, 6) is 0. The predicted octanol–water partition coefficient (Wildman–Crippen LogP) is 2.73. The Kier molecular flexibility index (Phi) is 5.26. The quantitative estimate of drug-likeness (QED) is 0.803. The molecule has 0 saturated carbocycles. The summed E-state index contributed by atoms with van der Waals surface area (Å²) in [4.78, 5) is 6.76. The van der Waals surface area contributed by atoms with Crippen LogP contribution in [0.5, 0.6) is 0 Å². The molecule has 3 nitrogen and oxygen atoms in total. The molecule has 0 amide bonds. The zero-order chi connectivity index (χ0) is 12.0. The molecule has 3 heteroatoms. The molecule has 0 aromatic carbocycles. The van der Waals surface area contributed by atoms with E-state index in [9.17, 15) is 0 Å². The fourth-order valence-corrected chi connectivity index (χ4v) is 1.75. The Morgan fingerprint density at radius 3 is 2.50 bits per heavy atom. The van der Waals surface area contributed by atoms with Gasteiger partial charge >= 0.3 is 0 Å². The lowest BCUT2D eigenvalue weighted by Gasteiger charge is -2.22. The zero-order valence-corrected chi connectivity index (χ0v) is 10.6. The Balaban J connectivity index is 2.76. The highest BCUT2D eigenvalue weighted by Gasteiger charge is 2.07. The molecule has 2 N–H and O–H groups in total. The number of aromatic nitrogens is 1. The first-order valence-electron chi connectivity index (χ1n) is 6.19. The van der Waals surface area contributed by atoms with Crippen LogP contribution in [0.15, 0.2) is 18.3 Å². The van der Waals surface area contributed by atoms with E-state index in [4.69, 9.17) is 5.73 Å². The average Bonchev–Trinajstić information content (AvgIpc) is 2.35. The van der Waals surface area contributed by atoms with Crippen LogP contribution in [0, 0.1) is 0 Å². The summed E-state index contributed by atoms with van der Waals surface area (Å²) in [7, 11) is 0. The fraction of sp³-hybridized carbons (Fsp3) is 0.615. The maximum atomic E-state index is 5.94. The minimum Gasteiger partial charge on any atom is -0.371 e. The molecule has 0 aliphatic carbocycles. The fourth-order valence-electron chi connectivity index (χ4n) is 1.75. The molecule has 1 rings (SSSR count). The van der Waals surface area contributed by atoms with E-state index in [-0.39, 0.29) is 6.04 Å². The number of pyridine rings is 1. The summed E-state index contributed by atoms with van der Waals surface area (Å²) < 4.78 is 0. The molecule has 0 radical (unpaired) electrons. The van der Waals surface area contributed by atoms with Gasteiger partial charge in [0.2, 0.25) is 0 Å². The van der Waals surface area contributed by atoms with Crippen molar-refractivity contribution in [3.8, 4) is 0 Å². The van der Waals surface area contributed by atoms with E-state index in [2.05, 4.69) is 36.7 Å². The lowest BCUT2D eigenvalue weighted by Crippen LogP contribution is -2.23. The summed E-state index contributed by atoms with van der Waals surface area (Å²) in [6.45, 7) is 8.54. The molecule has 1 atom stereocenters. The number of rotatable bonds is 6. The molecule has 0 spiro atoms. The van der Waals surface area contributed by atoms with Crippen molar-refractivity contribution in [2.45, 2.75) is 39.7 Å². The van der Waals surface area contributed by atoms with E-state index in [1.54, 1.807) is 0 Å². The van der Waals surface area contributed by atoms with E-state index in [0.29, 0.717) is 0 Å². The van der Waals surface area contributed by atoms with Crippen molar-refractivity contribution in [1.82, 2.24) is 4.98 Å². The monoisotopic (exact) mass is 221 g/mol. The van der Waals surface area contributed by atoms with E-state index >= 15 is 0 Å². The van der Waals surface area contributed by atoms with Crippen LogP contribution in [-0.4, -0.2) is 18.1 Å². The molecular formula is C13H23N3. The normalized spacial score (nSPS) is 12.5. The molecule has 1 heterocycles. The van der Waals surface area contributed by atoms with Gasteiger partial charge in [0.25, 0.3) is 0 Å². The Hall–Kier alpha value is -1.09. The van der Waals surface area contributed by atoms with Crippen LogP contribution in [0.3, 0.4) is 0 Å². The van der Waals surface area contributed by atoms with E-state index < -0.39 is 0 Å². The van der Waals surface area contributed by atoms with Crippen LogP contribution in [-0.2, 0) is 0 Å². The van der Waals surface area contributed by atoms with Crippen molar-refractivity contribution in [3.63, 3.8) is 0 Å². The highest BCUT2D eigenvalue weighted by molar-refractivity contribution is 5.44. The molecule has 0 bridgehead atoms. The van der Waals surface area contributed by atoms with E-state index in [0.717, 1.165) is 31.6 Å². The van der Waals surface area contributed by atoms with Gasteiger partial charge in [0.05, 0.1) is 17.6 Å². The number of hydrogen-bond donors (Lipinski definition) is 1. The lowest BCUT2D eigenvalue weighted by atomic mass is 10.1. The van der Waals surface area contributed by atoms with Crippen molar-refractivity contribution in [2.75, 3.05) is 18.0 Å². The molecule has 16 heavy (non-hydrogen) atoms. The summed E-state index contributed by atoms with van der Waals surface area (Å²) in [5.41, 5.74) is 8.11. The van der Waals surface area contributed by atoms with Crippen LogP contribution >= 0.6 is 0 Å². The molecule has 1 unspecified atom stereocenters. The van der Waals surface area contributed by atoms with Crippen LogP contribution in [0.2, 0.25) is 0 Å². The summed E-state index contributed by atoms with van der Waals surface area (Å²) in [6.07, 6.45) is 4.02. The third-order valence-corrected chi connectivity index (χ3v) is 2.83. The first-order chi connectivity index (χ1) is 7.72. The first kappa shape index (κ1) is 13.0. The Labute approximate surface area is 98.7 Å². The topological polar surface area (TPSA) is 42.1 Å². The second kappa shape index (κ2) is 6.48. The van der Waals surface area contributed by atoms with Gasteiger partial charge in [-0.3, -0.25) is 4.98 Å². The molecule has 0 aliphatic rings. The second-order valence-corrected chi connectivity index (χ2v) is 4.04. The largest absolute Gasteiger partial charge is 0.371 e. The van der Waals surface area contributed by atoms with Crippen LogP contribution in [0.1, 0.15) is 45.3 Å². The first-order valence-corrected chi connectivity index (χ1v) is 6.19. The van der Waals surface area contributed by atoms with Crippen LogP contribution < -0.4 is 10.6 Å². The number of nitrogens with two attached hydrogens (primary N) is 1. The molecule has 90 valence electrons. The lowest BCUT2D eigenvalue weighted by molar-refractivity contribution is 0.674. The zero-order valence-electron chi connectivity index (χ0n) is 10.6. The number of hydrogen-bond acceptors (Lipinski definition) is 3. The Bertz CT molecular complexity index is 295. The molecule has 0 saturated heterocycles. The second-order valence-electron chi connectivity index (χ2n) is 4.04. The highest BCUT2D eigenvalue weighted by Crippen LogP contribution is 2.17. The molecule has 1 aromatic heterocycles. The summed E-state index contributed by atoms with van der Waals surface area (Å²) >= 11 is 0. The van der Waals surface area contributed by atoms with Crippen molar-refractivity contribution >= 4 is 5.69 Å². The summed E-state index contributed by atoms with van der Waals surface area (Å²) in [5, 5.41) is 0. The van der Waals surface area contributed by atoms with Gasteiger partial charge in [0, 0.05) is 19.1 Å². The van der Waals surface area contributed by atoms with Crippen LogP contribution in [0.25, 0.3) is 0 Å². The van der Waals surface area contributed by atoms with Gasteiger partial charge in [-0.25, -0.2) is 0 Å². The van der Waals surface area contributed by atoms with Crippen LogP contribution in [0.4, 0.5) is 5.69 Å². The number of anilines is 1. The number of nitrogens with zero attached hydrogens (tertiary/aromatic N) is 2. The van der Waals surface area contributed by atoms with Gasteiger partial charge in [-0.1, -0.05) is 13.8 Å². The average molecular weight is 221 g/mol. The third-order valence-electron chi connectivity index (χ3n) is 2.83.